The van der Waals surface area contributed by atoms with Gasteiger partial charge in [-0.05, 0) is 48.6 Å². The number of allylic oxidation sites excluding steroid dienone is 4. The Hall–Kier alpha value is -3.43. The Morgan fingerprint density at radius 2 is 2.06 bits per heavy atom. The molecule has 1 aromatic carbocycles. The number of carbonyl (C=O) groups is 2. The first-order chi connectivity index (χ1) is 14.9. The summed E-state index contributed by atoms with van der Waals surface area (Å²) >= 11 is 0. The Labute approximate surface area is 182 Å². The van der Waals surface area contributed by atoms with Gasteiger partial charge in [0.2, 0.25) is 5.91 Å². The van der Waals surface area contributed by atoms with Crippen molar-refractivity contribution in [3.05, 3.63) is 76.9 Å². The third-order valence-electron chi connectivity index (χ3n) is 5.68. The Bertz CT molecular complexity index is 1030. The number of carboxylic acids is 1. The van der Waals surface area contributed by atoms with Gasteiger partial charge in [-0.15, -0.1) is 0 Å². The second kappa shape index (κ2) is 10.1. The van der Waals surface area contributed by atoms with Gasteiger partial charge in [0.05, 0.1) is 23.7 Å². The van der Waals surface area contributed by atoms with Gasteiger partial charge < -0.3 is 15.2 Å². The molecule has 1 aromatic rings. The molecule has 0 saturated heterocycles. The molecule has 31 heavy (non-hydrogen) atoms. The molecule has 0 fully saturated rings. The van der Waals surface area contributed by atoms with Crippen molar-refractivity contribution in [3.8, 4) is 6.07 Å². The van der Waals surface area contributed by atoms with Crippen molar-refractivity contribution in [2.24, 2.45) is 11.8 Å². The summed E-state index contributed by atoms with van der Waals surface area (Å²) in [4.78, 5) is 24.0. The Morgan fingerprint density at radius 1 is 1.26 bits per heavy atom. The number of fused-ring (bicyclic) bond motifs is 1. The maximum absolute atomic E-state index is 13.1. The second-order valence-electron chi connectivity index (χ2n) is 7.68. The molecule has 160 valence electrons. The third-order valence-corrected chi connectivity index (χ3v) is 5.68. The minimum absolute atomic E-state index is 0.0484. The summed E-state index contributed by atoms with van der Waals surface area (Å²) in [5.74, 6) is -1.39. The van der Waals surface area contributed by atoms with E-state index in [2.05, 4.69) is 17.5 Å². The Kier molecular flexibility index (Phi) is 7.22. The van der Waals surface area contributed by atoms with Crippen LogP contribution in [0.1, 0.15) is 30.9 Å². The molecule has 0 bridgehead atoms. The molecule has 0 saturated carbocycles. The number of benzene rings is 1. The maximum atomic E-state index is 13.1. The molecule has 0 heterocycles. The van der Waals surface area contributed by atoms with Crippen LogP contribution in [0.4, 0.5) is 5.69 Å². The van der Waals surface area contributed by atoms with E-state index < -0.39 is 11.9 Å². The monoisotopic (exact) mass is 418 g/mol. The molecule has 3 rings (SSSR count). The molecule has 0 aromatic heterocycles. The van der Waals surface area contributed by atoms with Gasteiger partial charge in [-0.2, -0.15) is 5.26 Å². The number of carboxylic acid groups (broad SMARTS) is 1. The molecule has 1 amide bonds. The van der Waals surface area contributed by atoms with Gasteiger partial charge in [0.1, 0.15) is 0 Å². The summed E-state index contributed by atoms with van der Waals surface area (Å²) in [6.07, 6.45) is 12.9. The lowest BCUT2D eigenvalue weighted by Gasteiger charge is -2.31. The van der Waals surface area contributed by atoms with E-state index in [1.54, 1.807) is 25.3 Å². The fraction of sp³-hybridized carbons (Fsp3) is 0.320. The van der Waals surface area contributed by atoms with Gasteiger partial charge in [0.25, 0.3) is 0 Å². The van der Waals surface area contributed by atoms with Gasteiger partial charge >= 0.3 is 5.97 Å². The minimum atomic E-state index is -0.858. The first-order valence-electron chi connectivity index (χ1n) is 10.3. The highest BCUT2D eigenvalue weighted by molar-refractivity contribution is 5.95. The number of ether oxygens (including phenoxy) is 1. The van der Waals surface area contributed by atoms with Crippen molar-refractivity contribution in [2.45, 2.75) is 32.3 Å². The summed E-state index contributed by atoms with van der Waals surface area (Å²) in [7, 11) is 1.67. The number of nitrogens with one attached hydrogen (secondary N) is 1. The molecule has 2 aliphatic carbocycles. The minimum Gasteiger partial charge on any atom is -0.481 e. The molecule has 0 spiro atoms. The van der Waals surface area contributed by atoms with Crippen LogP contribution < -0.4 is 5.32 Å². The van der Waals surface area contributed by atoms with Crippen LogP contribution in [0.3, 0.4) is 0 Å². The zero-order valence-corrected chi connectivity index (χ0v) is 17.7. The first kappa shape index (κ1) is 22.3. The van der Waals surface area contributed by atoms with Crippen molar-refractivity contribution >= 4 is 17.6 Å². The second-order valence-corrected chi connectivity index (χ2v) is 7.68. The van der Waals surface area contributed by atoms with E-state index in [0.717, 1.165) is 16.7 Å². The van der Waals surface area contributed by atoms with Crippen LogP contribution in [-0.4, -0.2) is 30.2 Å². The number of anilines is 1. The summed E-state index contributed by atoms with van der Waals surface area (Å²) in [5.41, 5.74) is 3.80. The SMILES string of the molecule is COC1C=CC(C(C)C(=O)Nc2cc(C#N)ccc2CCCC(=O)O)=C2C=CC=CC21. The number of carbonyl (C=O) groups excluding carboxylic acids is 1. The number of aryl methyl sites for hydroxylation is 1. The number of nitrogens with zero attached hydrogens (tertiary/aromatic N) is 1. The summed E-state index contributed by atoms with van der Waals surface area (Å²) in [6, 6.07) is 7.18. The van der Waals surface area contributed by atoms with Crippen LogP contribution >= 0.6 is 0 Å². The Balaban J connectivity index is 1.82. The summed E-state index contributed by atoms with van der Waals surface area (Å²) < 4.78 is 5.56. The van der Waals surface area contributed by atoms with Gasteiger partial charge in [-0.3, -0.25) is 9.59 Å². The first-order valence-corrected chi connectivity index (χ1v) is 10.3. The van der Waals surface area contributed by atoms with E-state index in [1.165, 1.54) is 0 Å². The van der Waals surface area contributed by atoms with E-state index in [9.17, 15) is 14.9 Å². The topological polar surface area (TPSA) is 99.4 Å². The third kappa shape index (κ3) is 5.19. The van der Waals surface area contributed by atoms with Gasteiger partial charge in [-0.25, -0.2) is 0 Å². The van der Waals surface area contributed by atoms with Crippen molar-refractivity contribution in [3.63, 3.8) is 0 Å². The lowest BCUT2D eigenvalue weighted by atomic mass is 9.78. The number of nitriles is 1. The standard InChI is InChI=1S/C25H26N2O4/c1-16(19-12-13-23(31-2)21-8-4-3-7-20(19)21)25(30)27-22-14-17(15-26)10-11-18(22)6-5-9-24(28)29/h3-4,7-8,10-14,16,21,23H,5-6,9H2,1-2H3,(H,27,30)(H,28,29). The lowest BCUT2D eigenvalue weighted by molar-refractivity contribution is -0.137. The average molecular weight is 418 g/mol. The number of aliphatic carboxylic acids is 1. The fourth-order valence-corrected chi connectivity index (χ4v) is 3.96. The summed E-state index contributed by atoms with van der Waals surface area (Å²) in [5, 5.41) is 21.1. The van der Waals surface area contributed by atoms with Crippen LogP contribution in [0, 0.1) is 23.2 Å². The van der Waals surface area contributed by atoms with E-state index in [4.69, 9.17) is 9.84 Å². The zero-order valence-electron chi connectivity index (χ0n) is 17.7. The highest BCUT2D eigenvalue weighted by atomic mass is 16.5. The quantitative estimate of drug-likeness (QED) is 0.660. The smallest absolute Gasteiger partial charge is 0.303 e. The average Bonchev–Trinajstić information content (AvgIpc) is 2.78. The fourth-order valence-electron chi connectivity index (χ4n) is 3.96. The van der Waals surface area contributed by atoms with Gasteiger partial charge in [0.15, 0.2) is 0 Å². The number of rotatable bonds is 8. The molecular weight excluding hydrogens is 392 g/mol. The van der Waals surface area contributed by atoms with Crippen LogP contribution in [0.5, 0.6) is 0 Å². The molecule has 0 radical (unpaired) electrons. The predicted molar refractivity (Wildman–Crippen MR) is 118 cm³/mol. The van der Waals surface area contributed by atoms with Crippen molar-refractivity contribution in [1.82, 2.24) is 0 Å². The van der Waals surface area contributed by atoms with Crippen molar-refractivity contribution in [2.75, 3.05) is 12.4 Å². The van der Waals surface area contributed by atoms with Crippen LogP contribution in [0.15, 0.2) is 65.8 Å². The molecule has 2 N–H and O–H groups in total. The number of methoxy groups -OCH3 is 1. The van der Waals surface area contributed by atoms with Crippen molar-refractivity contribution in [1.29, 1.82) is 5.26 Å². The van der Waals surface area contributed by atoms with E-state index in [1.807, 2.05) is 37.3 Å². The molecule has 6 nitrogen and oxygen atoms in total. The van der Waals surface area contributed by atoms with Gasteiger partial charge in [-0.1, -0.05) is 42.5 Å². The predicted octanol–water partition coefficient (Wildman–Crippen LogP) is 4.16. The van der Waals surface area contributed by atoms with Crippen molar-refractivity contribution < 1.29 is 19.4 Å². The molecule has 6 heteroatoms. The van der Waals surface area contributed by atoms with Crippen LogP contribution in [0.25, 0.3) is 0 Å². The summed E-state index contributed by atoms with van der Waals surface area (Å²) in [6.45, 7) is 1.86. The number of amides is 1. The van der Waals surface area contributed by atoms with Gasteiger partial charge in [0, 0.05) is 25.1 Å². The number of hydrogen-bond donors (Lipinski definition) is 2. The molecular formula is C25H26N2O4. The normalized spacial score (nSPS) is 20.2. The van der Waals surface area contributed by atoms with E-state index in [-0.39, 0.29) is 24.3 Å². The Morgan fingerprint density at radius 3 is 2.77 bits per heavy atom. The molecule has 3 unspecified atom stereocenters. The lowest BCUT2D eigenvalue weighted by Crippen LogP contribution is -2.29. The van der Waals surface area contributed by atoms with E-state index in [0.29, 0.717) is 24.1 Å². The molecule has 0 aliphatic heterocycles. The van der Waals surface area contributed by atoms with E-state index >= 15 is 0 Å². The highest BCUT2D eigenvalue weighted by Crippen LogP contribution is 2.35. The highest BCUT2D eigenvalue weighted by Gasteiger charge is 2.30. The molecule has 3 atom stereocenters. The number of hydrogen-bond acceptors (Lipinski definition) is 4. The largest absolute Gasteiger partial charge is 0.481 e. The maximum Gasteiger partial charge on any atom is 0.303 e. The molecule has 2 aliphatic rings. The van der Waals surface area contributed by atoms with Crippen LogP contribution in [-0.2, 0) is 20.7 Å². The zero-order chi connectivity index (χ0) is 22.4. The van der Waals surface area contributed by atoms with Crippen LogP contribution in [0.2, 0.25) is 0 Å².